The fourth-order valence-corrected chi connectivity index (χ4v) is 2.32. The summed E-state index contributed by atoms with van der Waals surface area (Å²) in [4.78, 5) is 0. The summed E-state index contributed by atoms with van der Waals surface area (Å²) in [6.07, 6.45) is 2.70. The molecule has 2 atom stereocenters. The number of hydrogen-bond acceptors (Lipinski definition) is 2. The van der Waals surface area contributed by atoms with E-state index < -0.39 is 11.6 Å². The second kappa shape index (κ2) is 5.56. The van der Waals surface area contributed by atoms with Gasteiger partial charge in [0, 0.05) is 18.2 Å². The highest BCUT2D eigenvalue weighted by Gasteiger charge is 2.24. The predicted octanol–water partition coefficient (Wildman–Crippen LogP) is 2.79. The first-order chi connectivity index (χ1) is 8.22. The first-order valence-corrected chi connectivity index (χ1v) is 5.95. The summed E-state index contributed by atoms with van der Waals surface area (Å²) in [5, 5.41) is 2.97. The van der Waals surface area contributed by atoms with Crippen molar-refractivity contribution in [3.63, 3.8) is 0 Å². The first kappa shape index (κ1) is 12.5. The van der Waals surface area contributed by atoms with Crippen molar-refractivity contribution in [1.29, 1.82) is 0 Å². The van der Waals surface area contributed by atoms with Crippen molar-refractivity contribution in [3.05, 3.63) is 35.4 Å². The highest BCUT2D eigenvalue weighted by Crippen LogP contribution is 2.28. The molecule has 0 aliphatic carbocycles. The molecule has 1 fully saturated rings. The van der Waals surface area contributed by atoms with Crippen LogP contribution in [-0.2, 0) is 4.74 Å². The van der Waals surface area contributed by atoms with E-state index in [2.05, 4.69) is 5.32 Å². The molecule has 2 rings (SSSR count). The molecule has 1 aliphatic heterocycles. The van der Waals surface area contributed by atoms with E-state index in [9.17, 15) is 8.78 Å². The lowest BCUT2D eigenvalue weighted by atomic mass is 9.98. The smallest absolute Gasteiger partial charge is 0.130 e. The van der Waals surface area contributed by atoms with Crippen molar-refractivity contribution in [2.75, 3.05) is 13.7 Å². The summed E-state index contributed by atoms with van der Waals surface area (Å²) < 4.78 is 32.8. The molecule has 0 amide bonds. The average molecular weight is 241 g/mol. The van der Waals surface area contributed by atoms with Gasteiger partial charge in [0.05, 0.1) is 6.10 Å². The number of hydrogen-bond donors (Lipinski definition) is 1. The van der Waals surface area contributed by atoms with Crippen molar-refractivity contribution < 1.29 is 13.5 Å². The molecule has 2 nitrogen and oxygen atoms in total. The molecule has 0 spiro atoms. The van der Waals surface area contributed by atoms with E-state index in [4.69, 9.17) is 4.74 Å². The van der Waals surface area contributed by atoms with E-state index in [1.807, 2.05) is 0 Å². The lowest BCUT2D eigenvalue weighted by Gasteiger charge is -2.21. The van der Waals surface area contributed by atoms with Crippen molar-refractivity contribution in [2.24, 2.45) is 0 Å². The van der Waals surface area contributed by atoms with Crippen molar-refractivity contribution >= 4 is 0 Å². The Kier molecular flexibility index (Phi) is 4.07. The highest BCUT2D eigenvalue weighted by molar-refractivity contribution is 5.23. The minimum Gasteiger partial charge on any atom is -0.378 e. The summed E-state index contributed by atoms with van der Waals surface area (Å²) in [5.41, 5.74) is 0.116. The van der Waals surface area contributed by atoms with Gasteiger partial charge in [-0.3, -0.25) is 0 Å². The van der Waals surface area contributed by atoms with Gasteiger partial charge < -0.3 is 10.1 Å². The second-order valence-corrected chi connectivity index (χ2v) is 4.35. The molecular formula is C13H17F2NO. The lowest BCUT2D eigenvalue weighted by molar-refractivity contribution is 0.0946. The zero-order valence-corrected chi connectivity index (χ0v) is 9.88. The monoisotopic (exact) mass is 241 g/mol. The van der Waals surface area contributed by atoms with E-state index in [1.165, 1.54) is 18.2 Å². The summed E-state index contributed by atoms with van der Waals surface area (Å²) >= 11 is 0. The summed E-state index contributed by atoms with van der Waals surface area (Å²) in [6, 6.07) is 3.63. The number of ether oxygens (including phenoxy) is 1. The van der Waals surface area contributed by atoms with Crippen molar-refractivity contribution in [2.45, 2.75) is 31.4 Å². The molecule has 0 aromatic heterocycles. The fraction of sp³-hybridized carbons (Fsp3) is 0.538. The number of benzene rings is 1. The topological polar surface area (TPSA) is 21.3 Å². The summed E-state index contributed by atoms with van der Waals surface area (Å²) in [5.74, 6) is -0.996. The van der Waals surface area contributed by atoms with Crippen LogP contribution < -0.4 is 5.32 Å². The van der Waals surface area contributed by atoms with E-state index in [0.29, 0.717) is 6.42 Å². The van der Waals surface area contributed by atoms with Gasteiger partial charge in [0.25, 0.3) is 0 Å². The zero-order valence-electron chi connectivity index (χ0n) is 9.88. The third-order valence-electron chi connectivity index (χ3n) is 3.22. The van der Waals surface area contributed by atoms with Crippen LogP contribution in [0.25, 0.3) is 0 Å². The molecule has 4 heteroatoms. The van der Waals surface area contributed by atoms with Crippen LogP contribution in [0.4, 0.5) is 8.78 Å². The van der Waals surface area contributed by atoms with Crippen molar-refractivity contribution in [3.8, 4) is 0 Å². The molecule has 0 saturated carbocycles. The SMILES string of the molecule is CNC(CC1CCCO1)c1c(F)cccc1F. The van der Waals surface area contributed by atoms with E-state index in [-0.39, 0.29) is 17.7 Å². The molecule has 0 bridgehead atoms. The van der Waals surface area contributed by atoms with Crippen LogP contribution in [0.5, 0.6) is 0 Å². The van der Waals surface area contributed by atoms with Crippen LogP contribution in [0.2, 0.25) is 0 Å². The standard InChI is InChI=1S/C13H17F2NO/c1-16-12(8-9-4-3-7-17-9)13-10(14)5-2-6-11(13)15/h2,5-6,9,12,16H,3-4,7-8H2,1H3. The van der Waals surface area contributed by atoms with Crippen LogP contribution in [-0.4, -0.2) is 19.8 Å². The molecule has 1 heterocycles. The van der Waals surface area contributed by atoms with Crippen LogP contribution >= 0.6 is 0 Å². The summed E-state index contributed by atoms with van der Waals surface area (Å²) in [6.45, 7) is 0.751. The molecule has 2 unspecified atom stereocenters. The minimum absolute atomic E-state index is 0.103. The molecule has 1 aromatic rings. The fourth-order valence-electron chi connectivity index (χ4n) is 2.32. The maximum Gasteiger partial charge on any atom is 0.130 e. The van der Waals surface area contributed by atoms with Gasteiger partial charge in [0.15, 0.2) is 0 Å². The Morgan fingerprint density at radius 2 is 2.12 bits per heavy atom. The Morgan fingerprint density at radius 3 is 2.65 bits per heavy atom. The molecule has 17 heavy (non-hydrogen) atoms. The normalized spacial score (nSPS) is 21.7. The van der Waals surface area contributed by atoms with Crippen LogP contribution in [0.1, 0.15) is 30.9 Å². The third-order valence-corrected chi connectivity index (χ3v) is 3.22. The third kappa shape index (κ3) is 2.82. The van der Waals surface area contributed by atoms with Crippen LogP contribution in [0, 0.1) is 11.6 Å². The quantitative estimate of drug-likeness (QED) is 0.875. The molecular weight excluding hydrogens is 224 g/mol. The van der Waals surface area contributed by atoms with Gasteiger partial charge in [-0.05, 0) is 38.4 Å². The first-order valence-electron chi connectivity index (χ1n) is 5.95. The maximum absolute atomic E-state index is 13.6. The summed E-state index contributed by atoms with van der Waals surface area (Å²) in [7, 11) is 1.71. The highest BCUT2D eigenvalue weighted by atomic mass is 19.1. The zero-order chi connectivity index (χ0) is 12.3. The Morgan fingerprint density at radius 1 is 1.41 bits per heavy atom. The predicted molar refractivity (Wildman–Crippen MR) is 61.7 cm³/mol. The average Bonchev–Trinajstić information content (AvgIpc) is 2.80. The van der Waals surface area contributed by atoms with Crippen LogP contribution in [0.15, 0.2) is 18.2 Å². The molecule has 1 saturated heterocycles. The maximum atomic E-state index is 13.6. The van der Waals surface area contributed by atoms with Gasteiger partial charge >= 0.3 is 0 Å². The van der Waals surface area contributed by atoms with E-state index in [0.717, 1.165) is 19.4 Å². The van der Waals surface area contributed by atoms with E-state index >= 15 is 0 Å². The molecule has 94 valence electrons. The van der Waals surface area contributed by atoms with Gasteiger partial charge in [-0.1, -0.05) is 6.07 Å². The molecule has 1 aliphatic rings. The van der Waals surface area contributed by atoms with Gasteiger partial charge in [-0.2, -0.15) is 0 Å². The van der Waals surface area contributed by atoms with Gasteiger partial charge in [0.2, 0.25) is 0 Å². The lowest BCUT2D eigenvalue weighted by Crippen LogP contribution is -2.24. The van der Waals surface area contributed by atoms with Gasteiger partial charge in [0.1, 0.15) is 11.6 Å². The molecule has 1 N–H and O–H groups in total. The number of rotatable bonds is 4. The Bertz CT molecular complexity index is 357. The van der Waals surface area contributed by atoms with Gasteiger partial charge in [-0.15, -0.1) is 0 Å². The Balaban J connectivity index is 2.16. The van der Waals surface area contributed by atoms with Crippen LogP contribution in [0.3, 0.4) is 0 Å². The second-order valence-electron chi connectivity index (χ2n) is 4.35. The molecule has 1 aromatic carbocycles. The largest absolute Gasteiger partial charge is 0.378 e. The molecule has 0 radical (unpaired) electrons. The van der Waals surface area contributed by atoms with E-state index in [1.54, 1.807) is 7.05 Å². The Labute approximate surface area is 100.0 Å². The minimum atomic E-state index is -0.498. The number of nitrogens with one attached hydrogen (secondary N) is 1. The van der Waals surface area contributed by atoms with Crippen molar-refractivity contribution in [1.82, 2.24) is 5.32 Å². The van der Waals surface area contributed by atoms with Gasteiger partial charge in [-0.25, -0.2) is 8.78 Å². The number of halogens is 2. The Hall–Kier alpha value is -1.00.